The van der Waals surface area contributed by atoms with E-state index in [0.717, 1.165) is 5.69 Å². The van der Waals surface area contributed by atoms with Crippen LogP contribution in [-0.2, 0) is 0 Å². The molecule has 24 heavy (non-hydrogen) atoms. The normalized spacial score (nSPS) is 10.2. The van der Waals surface area contributed by atoms with Crippen LogP contribution in [0, 0.1) is 5.82 Å². The van der Waals surface area contributed by atoms with Crippen molar-refractivity contribution in [3.05, 3.63) is 78.5 Å². The van der Waals surface area contributed by atoms with Crippen molar-refractivity contribution in [2.75, 3.05) is 17.3 Å². The minimum atomic E-state index is -0.353. The molecule has 0 atom stereocenters. The van der Waals surface area contributed by atoms with Gasteiger partial charge in [0.2, 0.25) is 0 Å². The number of hydrogen-bond donors (Lipinski definition) is 1. The smallest absolute Gasteiger partial charge is 0.276 e. The Hall–Kier alpha value is -3.28. The van der Waals surface area contributed by atoms with E-state index in [9.17, 15) is 9.18 Å². The maximum absolute atomic E-state index is 13.2. The summed E-state index contributed by atoms with van der Waals surface area (Å²) in [6, 6.07) is 16.8. The first kappa shape index (κ1) is 15.6. The highest BCUT2D eigenvalue weighted by Gasteiger charge is 2.15. The number of benzene rings is 2. The first-order valence-electron chi connectivity index (χ1n) is 7.31. The quantitative estimate of drug-likeness (QED) is 0.797. The SMILES string of the molecule is CN(C(=O)c1cc(Nc2cccc(F)c2)ncn1)c1ccccc1. The third-order valence-electron chi connectivity index (χ3n) is 3.43. The summed E-state index contributed by atoms with van der Waals surface area (Å²) in [4.78, 5) is 22.2. The first-order chi connectivity index (χ1) is 11.6. The third kappa shape index (κ3) is 3.55. The molecule has 1 aromatic heterocycles. The highest BCUT2D eigenvalue weighted by atomic mass is 19.1. The summed E-state index contributed by atoms with van der Waals surface area (Å²) in [5.41, 5.74) is 1.56. The monoisotopic (exact) mass is 322 g/mol. The molecule has 0 spiro atoms. The van der Waals surface area contributed by atoms with Crippen LogP contribution in [-0.4, -0.2) is 22.9 Å². The standard InChI is InChI=1S/C18H15FN4O/c1-23(15-8-3-2-4-9-15)18(24)16-11-17(21-12-20-16)22-14-7-5-6-13(19)10-14/h2-12H,1H3,(H,20,21,22). The first-order valence-corrected chi connectivity index (χ1v) is 7.31. The van der Waals surface area contributed by atoms with Gasteiger partial charge in [0.05, 0.1) is 0 Å². The fourth-order valence-electron chi connectivity index (χ4n) is 2.20. The summed E-state index contributed by atoms with van der Waals surface area (Å²) in [7, 11) is 1.68. The molecule has 0 radical (unpaired) electrons. The lowest BCUT2D eigenvalue weighted by molar-refractivity contribution is 0.0988. The van der Waals surface area contributed by atoms with Crippen LogP contribution in [0.3, 0.4) is 0 Å². The molecule has 6 heteroatoms. The number of nitrogens with one attached hydrogen (secondary N) is 1. The van der Waals surface area contributed by atoms with Crippen LogP contribution in [0.2, 0.25) is 0 Å². The molecule has 3 rings (SSSR count). The minimum Gasteiger partial charge on any atom is -0.340 e. The van der Waals surface area contributed by atoms with Crippen molar-refractivity contribution in [2.24, 2.45) is 0 Å². The van der Waals surface area contributed by atoms with Crippen LogP contribution in [0.1, 0.15) is 10.5 Å². The van der Waals surface area contributed by atoms with Gasteiger partial charge < -0.3 is 10.2 Å². The Kier molecular flexibility index (Phi) is 4.47. The van der Waals surface area contributed by atoms with E-state index in [1.807, 2.05) is 30.3 Å². The average molecular weight is 322 g/mol. The number of rotatable bonds is 4. The van der Waals surface area contributed by atoms with Gasteiger partial charge >= 0.3 is 0 Å². The maximum Gasteiger partial charge on any atom is 0.276 e. The van der Waals surface area contributed by atoms with Gasteiger partial charge in [-0.25, -0.2) is 14.4 Å². The van der Waals surface area contributed by atoms with Gasteiger partial charge in [0.25, 0.3) is 5.91 Å². The number of para-hydroxylation sites is 1. The van der Waals surface area contributed by atoms with Crippen molar-refractivity contribution in [2.45, 2.75) is 0 Å². The Labute approximate surface area is 138 Å². The zero-order valence-corrected chi connectivity index (χ0v) is 13.0. The van der Waals surface area contributed by atoms with Gasteiger partial charge in [0.15, 0.2) is 0 Å². The Balaban J connectivity index is 1.81. The van der Waals surface area contributed by atoms with Gasteiger partial charge in [0.1, 0.15) is 23.7 Å². The van der Waals surface area contributed by atoms with E-state index in [4.69, 9.17) is 0 Å². The topological polar surface area (TPSA) is 58.1 Å². The van der Waals surface area contributed by atoms with Gasteiger partial charge in [-0.15, -0.1) is 0 Å². The molecule has 0 unspecified atom stereocenters. The largest absolute Gasteiger partial charge is 0.340 e. The predicted octanol–water partition coefficient (Wildman–Crippen LogP) is 3.64. The van der Waals surface area contributed by atoms with Crippen LogP contribution in [0.4, 0.5) is 21.6 Å². The molecule has 0 aliphatic carbocycles. The number of aromatic nitrogens is 2. The number of hydrogen-bond acceptors (Lipinski definition) is 4. The Morgan fingerprint density at radius 1 is 1.04 bits per heavy atom. The molecule has 0 bridgehead atoms. The van der Waals surface area contributed by atoms with Crippen molar-refractivity contribution >= 4 is 23.1 Å². The van der Waals surface area contributed by atoms with E-state index in [0.29, 0.717) is 11.5 Å². The molecule has 0 aliphatic rings. The number of amides is 1. The third-order valence-corrected chi connectivity index (χ3v) is 3.43. The summed E-state index contributed by atoms with van der Waals surface area (Å²) in [6.07, 6.45) is 1.30. The van der Waals surface area contributed by atoms with Gasteiger partial charge in [-0.05, 0) is 30.3 Å². The van der Waals surface area contributed by atoms with E-state index in [1.165, 1.54) is 29.4 Å². The van der Waals surface area contributed by atoms with Gasteiger partial charge in [-0.2, -0.15) is 0 Å². The van der Waals surface area contributed by atoms with Crippen LogP contribution in [0.5, 0.6) is 0 Å². The van der Waals surface area contributed by atoms with E-state index >= 15 is 0 Å². The van der Waals surface area contributed by atoms with Crippen LogP contribution < -0.4 is 10.2 Å². The lowest BCUT2D eigenvalue weighted by Gasteiger charge is -2.17. The van der Waals surface area contributed by atoms with Crippen molar-refractivity contribution < 1.29 is 9.18 Å². The molecular formula is C18H15FN4O. The second kappa shape index (κ2) is 6.87. The maximum atomic E-state index is 13.2. The lowest BCUT2D eigenvalue weighted by Crippen LogP contribution is -2.27. The number of nitrogens with zero attached hydrogens (tertiary/aromatic N) is 3. The molecule has 0 saturated heterocycles. The Bertz CT molecular complexity index is 854. The van der Waals surface area contributed by atoms with Crippen LogP contribution >= 0.6 is 0 Å². The zero-order chi connectivity index (χ0) is 16.9. The molecule has 0 saturated carbocycles. The number of carbonyl (C=O) groups excluding carboxylic acids is 1. The number of anilines is 3. The highest BCUT2D eigenvalue weighted by Crippen LogP contribution is 2.18. The van der Waals surface area contributed by atoms with Gasteiger partial charge in [-0.1, -0.05) is 24.3 Å². The number of halogens is 1. The molecule has 2 aromatic carbocycles. The summed E-state index contributed by atoms with van der Waals surface area (Å²) >= 11 is 0. The second-order valence-electron chi connectivity index (χ2n) is 5.12. The molecule has 120 valence electrons. The Morgan fingerprint density at radius 3 is 2.58 bits per heavy atom. The van der Waals surface area contributed by atoms with E-state index < -0.39 is 0 Å². The summed E-state index contributed by atoms with van der Waals surface area (Å²) in [5.74, 6) is -0.194. The molecule has 0 aliphatic heterocycles. The molecule has 5 nitrogen and oxygen atoms in total. The summed E-state index contributed by atoms with van der Waals surface area (Å²) in [6.45, 7) is 0. The molecular weight excluding hydrogens is 307 g/mol. The number of carbonyl (C=O) groups is 1. The molecule has 1 amide bonds. The van der Waals surface area contributed by atoms with E-state index in [2.05, 4.69) is 15.3 Å². The molecule has 3 aromatic rings. The summed E-state index contributed by atoms with van der Waals surface area (Å²) < 4.78 is 13.2. The summed E-state index contributed by atoms with van der Waals surface area (Å²) in [5, 5.41) is 2.96. The van der Waals surface area contributed by atoms with E-state index in [-0.39, 0.29) is 17.4 Å². The molecule has 1 N–H and O–H groups in total. The van der Waals surface area contributed by atoms with Crippen molar-refractivity contribution in [1.29, 1.82) is 0 Å². The second-order valence-corrected chi connectivity index (χ2v) is 5.12. The average Bonchev–Trinajstić information content (AvgIpc) is 2.61. The fraction of sp³-hybridized carbons (Fsp3) is 0.0556. The van der Waals surface area contributed by atoms with Crippen molar-refractivity contribution in [3.63, 3.8) is 0 Å². The Morgan fingerprint density at radius 2 is 1.83 bits per heavy atom. The lowest BCUT2D eigenvalue weighted by atomic mass is 10.2. The van der Waals surface area contributed by atoms with Crippen LogP contribution in [0.25, 0.3) is 0 Å². The van der Waals surface area contributed by atoms with Crippen molar-refractivity contribution in [1.82, 2.24) is 9.97 Å². The predicted molar refractivity (Wildman–Crippen MR) is 90.9 cm³/mol. The molecule has 0 fully saturated rings. The minimum absolute atomic E-state index is 0.246. The fourth-order valence-corrected chi connectivity index (χ4v) is 2.20. The van der Waals surface area contributed by atoms with Gasteiger partial charge in [0, 0.05) is 24.5 Å². The van der Waals surface area contributed by atoms with E-state index in [1.54, 1.807) is 19.2 Å². The highest BCUT2D eigenvalue weighted by molar-refractivity contribution is 6.04. The van der Waals surface area contributed by atoms with Crippen molar-refractivity contribution in [3.8, 4) is 0 Å². The molecule has 1 heterocycles. The van der Waals surface area contributed by atoms with Gasteiger partial charge in [-0.3, -0.25) is 4.79 Å². The zero-order valence-electron chi connectivity index (χ0n) is 13.0. The van der Waals surface area contributed by atoms with Crippen LogP contribution in [0.15, 0.2) is 67.0 Å².